The van der Waals surface area contributed by atoms with Crippen LogP contribution in [0.1, 0.15) is 35.6 Å². The molecule has 4 rings (SSSR count). The zero-order chi connectivity index (χ0) is 14.2. The van der Waals surface area contributed by atoms with E-state index in [-0.39, 0.29) is 6.04 Å². The molecule has 3 heteroatoms. The molecule has 0 bridgehead atoms. The normalized spacial score (nSPS) is 23.6. The molecule has 0 aromatic heterocycles. The van der Waals surface area contributed by atoms with Gasteiger partial charge in [-0.1, -0.05) is 48.0 Å². The first-order chi connectivity index (χ1) is 10.3. The van der Waals surface area contributed by atoms with Gasteiger partial charge in [-0.05, 0) is 42.5 Å². The van der Waals surface area contributed by atoms with Crippen molar-refractivity contribution in [2.45, 2.75) is 25.3 Å². The summed E-state index contributed by atoms with van der Waals surface area (Å²) in [5, 5.41) is 5.45. The smallest absolute Gasteiger partial charge is 0.0774 e. The molecule has 0 saturated heterocycles. The van der Waals surface area contributed by atoms with Crippen LogP contribution in [-0.2, 0) is 6.42 Å². The number of fused-ring (bicyclic) bond motifs is 3. The molecule has 1 N–H and O–H groups in total. The molecule has 2 aromatic carbocycles. The van der Waals surface area contributed by atoms with Gasteiger partial charge in [0.2, 0.25) is 0 Å². The molecule has 106 valence electrons. The minimum Gasteiger partial charge on any atom is -0.302 e. The standard InChI is InChI=1S/C18H17ClN2/c19-14-10-8-13(9-11-14)17-16-7-3-5-12-4-1-2-6-15(12)18(16)21-20-17/h1-2,4,6,8-11,16-17,20H,3,5,7H2. The fraction of sp³-hybridized carbons (Fsp3) is 0.278. The lowest BCUT2D eigenvalue weighted by Gasteiger charge is -2.20. The van der Waals surface area contributed by atoms with Crippen molar-refractivity contribution >= 4 is 17.3 Å². The van der Waals surface area contributed by atoms with Gasteiger partial charge in [-0.2, -0.15) is 5.10 Å². The third-order valence-corrected chi connectivity index (χ3v) is 4.81. The first-order valence-electron chi connectivity index (χ1n) is 7.50. The van der Waals surface area contributed by atoms with Gasteiger partial charge < -0.3 is 5.43 Å². The first-order valence-corrected chi connectivity index (χ1v) is 7.87. The molecule has 21 heavy (non-hydrogen) atoms. The molecule has 2 atom stereocenters. The Morgan fingerprint density at radius 2 is 1.86 bits per heavy atom. The maximum atomic E-state index is 6.00. The molecule has 0 radical (unpaired) electrons. The van der Waals surface area contributed by atoms with E-state index < -0.39 is 0 Å². The van der Waals surface area contributed by atoms with Crippen LogP contribution in [0.15, 0.2) is 53.6 Å². The second kappa shape index (κ2) is 5.19. The minimum absolute atomic E-state index is 0.267. The van der Waals surface area contributed by atoms with Crippen LogP contribution in [0.3, 0.4) is 0 Å². The van der Waals surface area contributed by atoms with E-state index in [1.54, 1.807) is 0 Å². The molecular weight excluding hydrogens is 280 g/mol. The number of nitrogens with one attached hydrogen (secondary N) is 1. The molecular formula is C18H17ClN2. The predicted molar refractivity (Wildman–Crippen MR) is 86.7 cm³/mol. The Balaban J connectivity index is 1.71. The second-order valence-electron chi connectivity index (χ2n) is 5.81. The molecule has 1 aliphatic carbocycles. The van der Waals surface area contributed by atoms with Gasteiger partial charge >= 0.3 is 0 Å². The summed E-state index contributed by atoms with van der Waals surface area (Å²) >= 11 is 6.00. The van der Waals surface area contributed by atoms with Crippen molar-refractivity contribution < 1.29 is 0 Å². The highest BCUT2D eigenvalue weighted by molar-refractivity contribution is 6.30. The lowest BCUT2D eigenvalue weighted by Crippen LogP contribution is -2.21. The van der Waals surface area contributed by atoms with E-state index in [0.717, 1.165) is 11.4 Å². The molecule has 2 aromatic rings. The van der Waals surface area contributed by atoms with Gasteiger partial charge in [-0.3, -0.25) is 0 Å². The van der Waals surface area contributed by atoms with Crippen molar-refractivity contribution in [1.29, 1.82) is 0 Å². The number of nitrogens with zero attached hydrogens (tertiary/aromatic N) is 1. The van der Waals surface area contributed by atoms with E-state index in [1.165, 1.54) is 35.2 Å². The van der Waals surface area contributed by atoms with Crippen molar-refractivity contribution in [3.63, 3.8) is 0 Å². The Kier molecular flexibility index (Phi) is 3.19. The summed E-state index contributed by atoms with van der Waals surface area (Å²) in [6.07, 6.45) is 3.54. The van der Waals surface area contributed by atoms with E-state index in [1.807, 2.05) is 12.1 Å². The molecule has 1 aliphatic heterocycles. The average Bonchev–Trinajstić information content (AvgIpc) is 2.84. The van der Waals surface area contributed by atoms with Gasteiger partial charge in [0.25, 0.3) is 0 Å². The van der Waals surface area contributed by atoms with Crippen LogP contribution in [0.5, 0.6) is 0 Å². The molecule has 2 nitrogen and oxygen atoms in total. The summed E-state index contributed by atoms with van der Waals surface area (Å²) in [6, 6.07) is 17.1. The van der Waals surface area contributed by atoms with Crippen LogP contribution in [0.25, 0.3) is 0 Å². The highest BCUT2D eigenvalue weighted by Crippen LogP contribution is 2.37. The molecule has 0 amide bonds. The zero-order valence-corrected chi connectivity index (χ0v) is 12.5. The maximum absolute atomic E-state index is 6.00. The third kappa shape index (κ3) is 2.24. The van der Waals surface area contributed by atoms with Crippen molar-refractivity contribution in [3.8, 4) is 0 Å². The summed E-state index contributed by atoms with van der Waals surface area (Å²) in [7, 11) is 0. The van der Waals surface area contributed by atoms with E-state index in [9.17, 15) is 0 Å². The SMILES string of the molecule is Clc1ccc(C2NN=C3c4ccccc4CCCC32)cc1. The molecule has 2 aliphatic rings. The van der Waals surface area contributed by atoms with Crippen molar-refractivity contribution in [2.24, 2.45) is 11.0 Å². The molecule has 2 unspecified atom stereocenters. The predicted octanol–water partition coefficient (Wildman–Crippen LogP) is 4.34. The third-order valence-electron chi connectivity index (χ3n) is 4.56. The number of hydrogen-bond donors (Lipinski definition) is 1. The number of benzene rings is 2. The lowest BCUT2D eigenvalue weighted by atomic mass is 9.86. The van der Waals surface area contributed by atoms with Crippen molar-refractivity contribution in [3.05, 3.63) is 70.2 Å². The van der Waals surface area contributed by atoms with E-state index >= 15 is 0 Å². The Morgan fingerprint density at radius 3 is 2.71 bits per heavy atom. The molecule has 1 heterocycles. The lowest BCUT2D eigenvalue weighted by molar-refractivity contribution is 0.463. The van der Waals surface area contributed by atoms with Crippen LogP contribution in [-0.4, -0.2) is 5.71 Å². The van der Waals surface area contributed by atoms with E-state index in [4.69, 9.17) is 11.6 Å². The van der Waals surface area contributed by atoms with Gasteiger partial charge in [0, 0.05) is 16.5 Å². The number of rotatable bonds is 1. The van der Waals surface area contributed by atoms with Gasteiger partial charge in [-0.15, -0.1) is 0 Å². The molecule has 0 saturated carbocycles. The van der Waals surface area contributed by atoms with Crippen LogP contribution >= 0.6 is 11.6 Å². The fourth-order valence-corrected chi connectivity index (χ4v) is 3.64. The second-order valence-corrected chi connectivity index (χ2v) is 6.25. The summed E-state index contributed by atoms with van der Waals surface area (Å²) in [4.78, 5) is 0. The zero-order valence-electron chi connectivity index (χ0n) is 11.7. The van der Waals surface area contributed by atoms with Gasteiger partial charge in [0.1, 0.15) is 0 Å². The summed E-state index contributed by atoms with van der Waals surface area (Å²) in [5.74, 6) is 0.454. The van der Waals surface area contributed by atoms with Gasteiger partial charge in [-0.25, -0.2) is 0 Å². The van der Waals surface area contributed by atoms with Crippen LogP contribution < -0.4 is 5.43 Å². The highest BCUT2D eigenvalue weighted by atomic mass is 35.5. The van der Waals surface area contributed by atoms with Crippen LogP contribution in [0.2, 0.25) is 5.02 Å². The monoisotopic (exact) mass is 296 g/mol. The first kappa shape index (κ1) is 12.9. The Hall–Kier alpha value is -1.80. The minimum atomic E-state index is 0.267. The van der Waals surface area contributed by atoms with Crippen molar-refractivity contribution in [2.75, 3.05) is 0 Å². The molecule has 0 spiro atoms. The van der Waals surface area contributed by atoms with E-state index in [2.05, 4.69) is 46.9 Å². The average molecular weight is 297 g/mol. The number of halogens is 1. The van der Waals surface area contributed by atoms with Crippen LogP contribution in [0.4, 0.5) is 0 Å². The number of aryl methyl sites for hydroxylation is 1. The summed E-state index contributed by atoms with van der Waals surface area (Å²) in [6.45, 7) is 0. The topological polar surface area (TPSA) is 24.4 Å². The Bertz CT molecular complexity index is 691. The molecule has 0 fully saturated rings. The highest BCUT2D eigenvalue weighted by Gasteiger charge is 2.35. The largest absolute Gasteiger partial charge is 0.302 e. The quantitative estimate of drug-likeness (QED) is 0.831. The maximum Gasteiger partial charge on any atom is 0.0774 e. The van der Waals surface area contributed by atoms with Crippen LogP contribution in [0, 0.1) is 5.92 Å². The summed E-state index contributed by atoms with van der Waals surface area (Å²) in [5.41, 5.74) is 8.59. The fourth-order valence-electron chi connectivity index (χ4n) is 3.51. The van der Waals surface area contributed by atoms with E-state index in [0.29, 0.717) is 5.92 Å². The van der Waals surface area contributed by atoms with Crippen molar-refractivity contribution in [1.82, 2.24) is 5.43 Å². The Morgan fingerprint density at radius 1 is 1.05 bits per heavy atom. The number of hydrogen-bond acceptors (Lipinski definition) is 2. The van der Waals surface area contributed by atoms with Gasteiger partial charge in [0.05, 0.1) is 11.8 Å². The Labute approximate surface area is 129 Å². The number of hydrazone groups is 1. The summed E-state index contributed by atoms with van der Waals surface area (Å²) < 4.78 is 0. The van der Waals surface area contributed by atoms with Gasteiger partial charge in [0.15, 0.2) is 0 Å².